The monoisotopic (exact) mass is 328 g/mol. The van der Waals surface area contributed by atoms with Gasteiger partial charge >= 0.3 is 0 Å². The Labute approximate surface area is 123 Å². The molecule has 1 aliphatic heterocycles. The van der Waals surface area contributed by atoms with Crippen LogP contribution in [0.3, 0.4) is 0 Å². The Bertz CT molecular complexity index is 412. The van der Waals surface area contributed by atoms with Crippen molar-refractivity contribution in [2.45, 2.75) is 51.6 Å². The van der Waals surface area contributed by atoms with Gasteiger partial charge in [-0.3, -0.25) is 0 Å². The third kappa shape index (κ3) is 4.20. The summed E-state index contributed by atoms with van der Waals surface area (Å²) < 4.78 is 18.0. The maximum absolute atomic E-state index is 6.02. The van der Waals surface area contributed by atoms with Crippen molar-refractivity contribution in [3.05, 3.63) is 28.2 Å². The summed E-state index contributed by atoms with van der Waals surface area (Å²) in [5, 5.41) is 0. The standard InChI is InChI=1S/C15H21BrO3/c1-10-6-14(7-11(2)19-10)18-9-12-8-13(17-3)4-5-15(12)16/h4-5,8,10-11,14H,6-7,9H2,1-3H3. The lowest BCUT2D eigenvalue weighted by molar-refractivity contribution is -0.106. The molecule has 0 amide bonds. The van der Waals surface area contributed by atoms with Crippen LogP contribution in [0.1, 0.15) is 32.3 Å². The molecule has 1 fully saturated rings. The summed E-state index contributed by atoms with van der Waals surface area (Å²) >= 11 is 3.55. The lowest BCUT2D eigenvalue weighted by Gasteiger charge is -2.32. The van der Waals surface area contributed by atoms with Gasteiger partial charge in [0.25, 0.3) is 0 Å². The highest BCUT2D eigenvalue weighted by atomic mass is 79.9. The van der Waals surface area contributed by atoms with E-state index in [0.29, 0.717) is 6.61 Å². The zero-order chi connectivity index (χ0) is 13.8. The van der Waals surface area contributed by atoms with E-state index in [1.807, 2.05) is 18.2 Å². The van der Waals surface area contributed by atoms with Crippen LogP contribution in [-0.4, -0.2) is 25.4 Å². The van der Waals surface area contributed by atoms with E-state index in [-0.39, 0.29) is 18.3 Å². The van der Waals surface area contributed by atoms with Gasteiger partial charge in [-0.1, -0.05) is 15.9 Å². The molecule has 0 aromatic heterocycles. The predicted molar refractivity (Wildman–Crippen MR) is 78.5 cm³/mol. The first-order valence-electron chi connectivity index (χ1n) is 6.68. The van der Waals surface area contributed by atoms with E-state index >= 15 is 0 Å². The summed E-state index contributed by atoms with van der Waals surface area (Å²) in [6.45, 7) is 4.81. The van der Waals surface area contributed by atoms with Crippen molar-refractivity contribution in [1.82, 2.24) is 0 Å². The second-order valence-electron chi connectivity index (χ2n) is 5.12. The second-order valence-corrected chi connectivity index (χ2v) is 5.97. The fourth-order valence-corrected chi connectivity index (χ4v) is 2.84. The normalized spacial score (nSPS) is 27.3. The number of benzene rings is 1. The third-order valence-corrected chi connectivity index (χ3v) is 4.16. The van der Waals surface area contributed by atoms with Crippen molar-refractivity contribution >= 4 is 15.9 Å². The molecular weight excluding hydrogens is 308 g/mol. The minimum absolute atomic E-state index is 0.275. The average molecular weight is 329 g/mol. The summed E-state index contributed by atoms with van der Waals surface area (Å²) in [5.41, 5.74) is 1.12. The Balaban J connectivity index is 1.94. The molecule has 0 N–H and O–H groups in total. The van der Waals surface area contributed by atoms with E-state index in [4.69, 9.17) is 14.2 Å². The number of halogens is 1. The van der Waals surface area contributed by atoms with Crippen molar-refractivity contribution < 1.29 is 14.2 Å². The van der Waals surface area contributed by atoms with Crippen LogP contribution in [0.25, 0.3) is 0 Å². The van der Waals surface area contributed by atoms with Crippen LogP contribution in [0, 0.1) is 0 Å². The summed E-state index contributed by atoms with van der Waals surface area (Å²) in [4.78, 5) is 0. The molecule has 1 saturated heterocycles. The van der Waals surface area contributed by atoms with E-state index in [9.17, 15) is 0 Å². The number of rotatable bonds is 4. The fourth-order valence-electron chi connectivity index (χ4n) is 2.48. The maximum Gasteiger partial charge on any atom is 0.119 e. The van der Waals surface area contributed by atoms with Crippen LogP contribution >= 0.6 is 15.9 Å². The molecule has 2 rings (SSSR count). The van der Waals surface area contributed by atoms with Crippen LogP contribution < -0.4 is 4.74 Å². The summed E-state index contributed by atoms with van der Waals surface area (Å²) in [5.74, 6) is 0.857. The number of methoxy groups -OCH3 is 1. The van der Waals surface area contributed by atoms with Crippen molar-refractivity contribution in [1.29, 1.82) is 0 Å². The smallest absolute Gasteiger partial charge is 0.119 e. The first-order valence-corrected chi connectivity index (χ1v) is 7.47. The van der Waals surface area contributed by atoms with Crippen molar-refractivity contribution in [3.63, 3.8) is 0 Å². The third-order valence-electron chi connectivity index (χ3n) is 3.38. The van der Waals surface area contributed by atoms with Crippen molar-refractivity contribution in [2.24, 2.45) is 0 Å². The quantitative estimate of drug-likeness (QED) is 0.838. The van der Waals surface area contributed by atoms with E-state index in [2.05, 4.69) is 29.8 Å². The van der Waals surface area contributed by atoms with Crippen LogP contribution in [0.5, 0.6) is 5.75 Å². The molecule has 0 aliphatic carbocycles. The molecule has 106 valence electrons. The number of hydrogen-bond acceptors (Lipinski definition) is 3. The largest absolute Gasteiger partial charge is 0.497 e. The molecule has 2 unspecified atom stereocenters. The maximum atomic E-state index is 6.02. The molecule has 4 heteroatoms. The first kappa shape index (κ1) is 14.8. The summed E-state index contributed by atoms with van der Waals surface area (Å²) in [7, 11) is 1.68. The van der Waals surface area contributed by atoms with Gasteiger partial charge in [0, 0.05) is 4.47 Å². The van der Waals surface area contributed by atoms with Gasteiger partial charge in [0.2, 0.25) is 0 Å². The van der Waals surface area contributed by atoms with Gasteiger partial charge < -0.3 is 14.2 Å². The first-order chi connectivity index (χ1) is 9.08. The number of hydrogen-bond donors (Lipinski definition) is 0. The zero-order valence-corrected chi connectivity index (χ0v) is 13.3. The SMILES string of the molecule is COc1ccc(Br)c(COC2CC(C)OC(C)C2)c1. The van der Waals surface area contributed by atoms with Gasteiger partial charge in [0.15, 0.2) is 0 Å². The molecule has 1 aromatic rings. The Morgan fingerprint density at radius 2 is 1.95 bits per heavy atom. The molecule has 19 heavy (non-hydrogen) atoms. The van der Waals surface area contributed by atoms with Gasteiger partial charge in [-0.25, -0.2) is 0 Å². The van der Waals surface area contributed by atoms with Gasteiger partial charge in [-0.2, -0.15) is 0 Å². The van der Waals surface area contributed by atoms with E-state index < -0.39 is 0 Å². The van der Waals surface area contributed by atoms with Crippen LogP contribution in [0.15, 0.2) is 22.7 Å². The van der Waals surface area contributed by atoms with Crippen LogP contribution in [-0.2, 0) is 16.1 Å². The molecule has 0 bridgehead atoms. The summed E-state index contributed by atoms with van der Waals surface area (Å²) in [6, 6.07) is 5.94. The molecule has 1 heterocycles. The molecule has 2 atom stereocenters. The van der Waals surface area contributed by atoms with Crippen molar-refractivity contribution in [2.75, 3.05) is 7.11 Å². The van der Waals surface area contributed by atoms with Gasteiger partial charge in [-0.15, -0.1) is 0 Å². The topological polar surface area (TPSA) is 27.7 Å². The average Bonchev–Trinajstić information content (AvgIpc) is 2.37. The van der Waals surface area contributed by atoms with E-state index in [1.165, 1.54) is 0 Å². The Hall–Kier alpha value is -0.580. The highest BCUT2D eigenvalue weighted by Crippen LogP contribution is 2.26. The van der Waals surface area contributed by atoms with Gasteiger partial charge in [0.1, 0.15) is 5.75 Å². The molecular formula is C15H21BrO3. The van der Waals surface area contributed by atoms with Gasteiger partial charge in [-0.05, 0) is 50.5 Å². The van der Waals surface area contributed by atoms with E-state index in [1.54, 1.807) is 7.11 Å². The lowest BCUT2D eigenvalue weighted by Crippen LogP contribution is -2.34. The number of ether oxygens (including phenoxy) is 3. The fraction of sp³-hybridized carbons (Fsp3) is 0.600. The van der Waals surface area contributed by atoms with Crippen LogP contribution in [0.4, 0.5) is 0 Å². The molecule has 0 radical (unpaired) electrons. The molecule has 0 saturated carbocycles. The zero-order valence-electron chi connectivity index (χ0n) is 11.7. The van der Waals surface area contributed by atoms with Gasteiger partial charge in [0.05, 0.1) is 32.0 Å². The highest BCUT2D eigenvalue weighted by molar-refractivity contribution is 9.10. The second kappa shape index (κ2) is 6.73. The predicted octanol–water partition coefficient (Wildman–Crippen LogP) is 3.93. The minimum atomic E-state index is 0.275. The Morgan fingerprint density at radius 1 is 1.26 bits per heavy atom. The summed E-state index contributed by atoms with van der Waals surface area (Å²) in [6.07, 6.45) is 2.76. The molecule has 1 aromatic carbocycles. The van der Waals surface area contributed by atoms with E-state index in [0.717, 1.165) is 28.6 Å². The highest BCUT2D eigenvalue weighted by Gasteiger charge is 2.25. The van der Waals surface area contributed by atoms with Crippen molar-refractivity contribution in [3.8, 4) is 5.75 Å². The van der Waals surface area contributed by atoms with Crippen LogP contribution in [0.2, 0.25) is 0 Å². The Kier molecular flexibility index (Phi) is 5.25. The lowest BCUT2D eigenvalue weighted by atomic mass is 10.0. The Morgan fingerprint density at radius 3 is 2.58 bits per heavy atom. The minimum Gasteiger partial charge on any atom is -0.497 e. The molecule has 1 aliphatic rings. The molecule has 0 spiro atoms. The molecule has 3 nitrogen and oxygen atoms in total.